The van der Waals surface area contributed by atoms with E-state index >= 15 is 0 Å². The van der Waals surface area contributed by atoms with Crippen LogP contribution >= 0.6 is 11.3 Å². The van der Waals surface area contributed by atoms with E-state index < -0.39 is 0 Å². The highest BCUT2D eigenvalue weighted by Gasteiger charge is 2.46. The molecular weight excluding hydrogens is 322 g/mol. The summed E-state index contributed by atoms with van der Waals surface area (Å²) in [6, 6.07) is 7.60. The van der Waals surface area contributed by atoms with E-state index in [1.165, 1.54) is 11.3 Å². The Labute approximate surface area is 144 Å². The second-order valence-electron chi connectivity index (χ2n) is 6.58. The lowest BCUT2D eigenvalue weighted by molar-refractivity contribution is -0.121. The van der Waals surface area contributed by atoms with E-state index in [1.807, 2.05) is 34.5 Å². The van der Waals surface area contributed by atoms with Crippen molar-refractivity contribution in [2.45, 2.75) is 30.7 Å². The van der Waals surface area contributed by atoms with Gasteiger partial charge in [0.15, 0.2) is 0 Å². The highest BCUT2D eigenvalue weighted by Crippen LogP contribution is 2.39. The molecule has 1 atom stereocenters. The number of carbonyl (C=O) groups excluding carboxylic acids is 2. The highest BCUT2D eigenvalue weighted by molar-refractivity contribution is 7.12. The Kier molecular flexibility index (Phi) is 3.84. The zero-order valence-electron chi connectivity index (χ0n) is 13.3. The van der Waals surface area contributed by atoms with Gasteiger partial charge in [0.25, 0.3) is 5.91 Å². The third kappa shape index (κ3) is 2.71. The SMILES string of the molecule is O=C1NC2(CCN(C(=O)c3cccs3)CC2)CC1c1cccnc1. The molecule has 1 N–H and O–H groups in total. The summed E-state index contributed by atoms with van der Waals surface area (Å²) in [7, 11) is 0. The van der Waals surface area contributed by atoms with Gasteiger partial charge < -0.3 is 10.2 Å². The molecule has 0 bridgehead atoms. The van der Waals surface area contributed by atoms with Crippen LogP contribution in [0.1, 0.15) is 40.4 Å². The maximum absolute atomic E-state index is 12.5. The topological polar surface area (TPSA) is 62.3 Å². The molecule has 4 rings (SSSR count). The van der Waals surface area contributed by atoms with E-state index in [2.05, 4.69) is 10.3 Å². The molecule has 2 saturated heterocycles. The summed E-state index contributed by atoms with van der Waals surface area (Å²) in [4.78, 5) is 31.7. The number of hydrogen-bond donors (Lipinski definition) is 1. The van der Waals surface area contributed by atoms with Gasteiger partial charge in [-0.3, -0.25) is 14.6 Å². The molecule has 0 saturated carbocycles. The fourth-order valence-electron chi connectivity index (χ4n) is 3.76. The van der Waals surface area contributed by atoms with E-state index in [4.69, 9.17) is 0 Å². The molecule has 0 aliphatic carbocycles. The average Bonchev–Trinajstić information content (AvgIpc) is 3.25. The first-order chi connectivity index (χ1) is 11.7. The van der Waals surface area contributed by atoms with Crippen molar-refractivity contribution in [1.29, 1.82) is 0 Å². The number of hydrogen-bond acceptors (Lipinski definition) is 4. The fraction of sp³-hybridized carbons (Fsp3) is 0.389. The number of likely N-dealkylation sites (tertiary alicyclic amines) is 1. The van der Waals surface area contributed by atoms with E-state index in [1.54, 1.807) is 12.4 Å². The Morgan fingerprint density at radius 3 is 2.79 bits per heavy atom. The molecule has 2 aromatic heterocycles. The minimum atomic E-state index is -0.177. The van der Waals surface area contributed by atoms with Gasteiger partial charge in [-0.05, 0) is 42.3 Å². The van der Waals surface area contributed by atoms with Crippen LogP contribution in [0.3, 0.4) is 0 Å². The average molecular weight is 341 g/mol. The number of amides is 2. The Morgan fingerprint density at radius 1 is 1.29 bits per heavy atom. The Morgan fingerprint density at radius 2 is 2.12 bits per heavy atom. The molecule has 2 aromatic rings. The van der Waals surface area contributed by atoms with Crippen LogP contribution in [0.25, 0.3) is 0 Å². The van der Waals surface area contributed by atoms with E-state index in [-0.39, 0.29) is 23.3 Å². The molecule has 1 spiro atoms. The van der Waals surface area contributed by atoms with Crippen molar-refractivity contribution in [3.8, 4) is 0 Å². The second kappa shape index (κ2) is 6.02. The van der Waals surface area contributed by atoms with Gasteiger partial charge in [0.05, 0.1) is 10.8 Å². The number of aromatic nitrogens is 1. The summed E-state index contributed by atoms with van der Waals surface area (Å²) in [5.74, 6) is 0.0623. The van der Waals surface area contributed by atoms with Crippen LogP contribution in [-0.2, 0) is 4.79 Å². The van der Waals surface area contributed by atoms with Gasteiger partial charge in [-0.2, -0.15) is 0 Å². The molecule has 0 radical (unpaired) electrons. The van der Waals surface area contributed by atoms with Gasteiger partial charge in [-0.25, -0.2) is 0 Å². The lowest BCUT2D eigenvalue weighted by Gasteiger charge is -2.39. The smallest absolute Gasteiger partial charge is 0.263 e. The third-order valence-corrected chi connectivity index (χ3v) is 5.98. The zero-order chi connectivity index (χ0) is 16.6. The number of nitrogens with one attached hydrogen (secondary N) is 1. The molecule has 1 unspecified atom stereocenters. The quantitative estimate of drug-likeness (QED) is 0.912. The molecule has 24 heavy (non-hydrogen) atoms. The van der Waals surface area contributed by atoms with Crippen molar-refractivity contribution in [1.82, 2.24) is 15.2 Å². The van der Waals surface area contributed by atoms with Gasteiger partial charge in [-0.15, -0.1) is 11.3 Å². The van der Waals surface area contributed by atoms with Crippen molar-refractivity contribution in [2.75, 3.05) is 13.1 Å². The summed E-state index contributed by atoms with van der Waals surface area (Å²) < 4.78 is 0. The van der Waals surface area contributed by atoms with E-state index in [9.17, 15) is 9.59 Å². The second-order valence-corrected chi connectivity index (χ2v) is 7.53. The molecule has 2 aliphatic heterocycles. The standard InChI is InChI=1S/C18H19N3O2S/c22-16-14(13-3-1-7-19-12-13)11-18(20-16)5-8-21(9-6-18)17(23)15-4-2-10-24-15/h1-4,7,10,12,14H,5-6,8-9,11H2,(H,20,22). The maximum atomic E-state index is 12.5. The summed E-state index contributed by atoms with van der Waals surface area (Å²) in [5.41, 5.74) is 0.799. The van der Waals surface area contributed by atoms with Crippen LogP contribution < -0.4 is 5.32 Å². The normalized spacial score (nSPS) is 22.6. The molecule has 5 nitrogen and oxygen atoms in total. The Hall–Kier alpha value is -2.21. The number of thiophene rings is 1. The first kappa shape index (κ1) is 15.3. The van der Waals surface area contributed by atoms with Crippen LogP contribution in [0.2, 0.25) is 0 Å². The van der Waals surface area contributed by atoms with Crippen molar-refractivity contribution in [3.63, 3.8) is 0 Å². The van der Waals surface area contributed by atoms with Crippen molar-refractivity contribution in [3.05, 3.63) is 52.5 Å². The van der Waals surface area contributed by atoms with Crippen LogP contribution in [0, 0.1) is 0 Å². The maximum Gasteiger partial charge on any atom is 0.263 e. The van der Waals surface area contributed by atoms with Crippen LogP contribution in [0.4, 0.5) is 0 Å². The van der Waals surface area contributed by atoms with Gasteiger partial charge in [-0.1, -0.05) is 12.1 Å². The summed E-state index contributed by atoms with van der Waals surface area (Å²) in [6.45, 7) is 1.38. The largest absolute Gasteiger partial charge is 0.350 e. The van der Waals surface area contributed by atoms with Crippen molar-refractivity contribution in [2.24, 2.45) is 0 Å². The number of piperidine rings is 1. The lowest BCUT2D eigenvalue weighted by Crippen LogP contribution is -2.52. The molecular formula is C18H19N3O2S. The first-order valence-corrected chi connectivity index (χ1v) is 9.10. The zero-order valence-corrected chi connectivity index (χ0v) is 14.1. The fourth-order valence-corrected chi connectivity index (χ4v) is 4.45. The first-order valence-electron chi connectivity index (χ1n) is 8.22. The van der Waals surface area contributed by atoms with Gasteiger partial charge in [0.2, 0.25) is 5.91 Å². The Balaban J connectivity index is 1.44. The number of pyridine rings is 1. The highest BCUT2D eigenvalue weighted by atomic mass is 32.1. The minimum Gasteiger partial charge on any atom is -0.350 e. The third-order valence-electron chi connectivity index (χ3n) is 5.13. The molecule has 124 valence electrons. The molecule has 2 amide bonds. The van der Waals surface area contributed by atoms with Crippen LogP contribution in [0.15, 0.2) is 42.0 Å². The molecule has 4 heterocycles. The lowest BCUT2D eigenvalue weighted by atomic mass is 9.82. The Bertz CT molecular complexity index is 737. The van der Waals surface area contributed by atoms with Gasteiger partial charge >= 0.3 is 0 Å². The van der Waals surface area contributed by atoms with Crippen LogP contribution in [-0.4, -0.2) is 40.3 Å². The van der Waals surface area contributed by atoms with Gasteiger partial charge in [0, 0.05) is 31.0 Å². The van der Waals surface area contributed by atoms with Crippen molar-refractivity contribution >= 4 is 23.2 Å². The predicted molar refractivity (Wildman–Crippen MR) is 91.9 cm³/mol. The monoisotopic (exact) mass is 341 g/mol. The summed E-state index contributed by atoms with van der Waals surface area (Å²) in [5, 5.41) is 5.13. The number of nitrogens with zero attached hydrogens (tertiary/aromatic N) is 2. The molecule has 2 fully saturated rings. The number of carbonyl (C=O) groups is 2. The number of rotatable bonds is 2. The molecule has 0 aromatic carbocycles. The van der Waals surface area contributed by atoms with E-state index in [0.717, 1.165) is 29.7 Å². The molecule has 6 heteroatoms. The molecule has 2 aliphatic rings. The summed E-state index contributed by atoms with van der Waals surface area (Å²) >= 11 is 1.48. The predicted octanol–water partition coefficient (Wildman–Crippen LogP) is 2.42. The van der Waals surface area contributed by atoms with E-state index in [0.29, 0.717) is 13.1 Å². The minimum absolute atomic E-state index is 0.0843. The summed E-state index contributed by atoms with van der Waals surface area (Å²) in [6.07, 6.45) is 5.91. The van der Waals surface area contributed by atoms with Crippen LogP contribution in [0.5, 0.6) is 0 Å². The van der Waals surface area contributed by atoms with Gasteiger partial charge in [0.1, 0.15) is 0 Å². The van der Waals surface area contributed by atoms with Crippen molar-refractivity contribution < 1.29 is 9.59 Å².